The maximum Gasteiger partial charge on any atom is 0.167 e. The fourth-order valence-corrected chi connectivity index (χ4v) is 2.03. The summed E-state index contributed by atoms with van der Waals surface area (Å²) in [5, 5.41) is 0. The summed E-state index contributed by atoms with van der Waals surface area (Å²) in [4.78, 5) is 14.5. The second-order valence-electron chi connectivity index (χ2n) is 2.51. The van der Waals surface area contributed by atoms with Crippen LogP contribution in [0.3, 0.4) is 0 Å². The van der Waals surface area contributed by atoms with Crippen LogP contribution >= 0.6 is 11.8 Å². The molecular weight excluding hydrogens is 160 g/mol. The molecule has 3 nitrogen and oxygen atoms in total. The van der Waals surface area contributed by atoms with E-state index in [1.165, 1.54) is 0 Å². The van der Waals surface area contributed by atoms with Crippen molar-refractivity contribution in [1.29, 1.82) is 0 Å². The van der Waals surface area contributed by atoms with E-state index in [-0.39, 0.29) is 5.50 Å². The van der Waals surface area contributed by atoms with Crippen LogP contribution in [0.4, 0.5) is 0 Å². The van der Waals surface area contributed by atoms with Crippen molar-refractivity contribution < 1.29 is 4.79 Å². The van der Waals surface area contributed by atoms with Crippen molar-refractivity contribution in [2.24, 2.45) is 0 Å². The number of carbonyl (C=O) groups excluding carboxylic acids is 1. The molecule has 0 aromatic carbocycles. The highest BCUT2D eigenvalue weighted by molar-refractivity contribution is 7.99. The fraction of sp³-hybridized carbons (Fsp3) is 0.571. The van der Waals surface area contributed by atoms with Gasteiger partial charge in [-0.3, -0.25) is 4.79 Å². The quantitative estimate of drug-likeness (QED) is 0.568. The molecule has 1 atom stereocenters. The standard InChI is InChI=1S/C7H12N2OS/c1-8-4-6(5-10)9(2)7(8)11-3/h4-5,7H,1-3H3. The number of carbonyl (C=O) groups is 1. The smallest absolute Gasteiger partial charge is 0.167 e. The minimum absolute atomic E-state index is 0.273. The van der Waals surface area contributed by atoms with Crippen molar-refractivity contribution in [3.8, 4) is 0 Å². The van der Waals surface area contributed by atoms with Crippen molar-refractivity contribution in [2.45, 2.75) is 5.50 Å². The van der Waals surface area contributed by atoms with Crippen molar-refractivity contribution in [3.63, 3.8) is 0 Å². The number of thioether (sulfide) groups is 1. The van der Waals surface area contributed by atoms with Crippen LogP contribution in [-0.2, 0) is 4.79 Å². The Balaban J connectivity index is 2.74. The average Bonchev–Trinajstić information content (AvgIpc) is 2.26. The summed E-state index contributed by atoms with van der Waals surface area (Å²) in [6, 6.07) is 0. The van der Waals surface area contributed by atoms with Gasteiger partial charge in [0.05, 0.1) is 5.70 Å². The van der Waals surface area contributed by atoms with Crippen LogP contribution in [0.2, 0.25) is 0 Å². The largest absolute Gasteiger partial charge is 0.350 e. The molecule has 0 aromatic rings. The van der Waals surface area contributed by atoms with Gasteiger partial charge in [-0.15, -0.1) is 11.8 Å². The van der Waals surface area contributed by atoms with E-state index in [1.54, 1.807) is 11.8 Å². The molecule has 4 heteroatoms. The molecule has 0 fully saturated rings. The van der Waals surface area contributed by atoms with E-state index in [0.29, 0.717) is 0 Å². The Bertz CT molecular complexity index is 193. The lowest BCUT2D eigenvalue weighted by molar-refractivity contribution is -0.106. The van der Waals surface area contributed by atoms with Gasteiger partial charge in [0.2, 0.25) is 0 Å². The lowest BCUT2D eigenvalue weighted by Gasteiger charge is -2.25. The first-order valence-electron chi connectivity index (χ1n) is 3.35. The summed E-state index contributed by atoms with van der Waals surface area (Å²) < 4.78 is 0. The lowest BCUT2D eigenvalue weighted by Crippen LogP contribution is -2.32. The van der Waals surface area contributed by atoms with Crippen LogP contribution in [0.25, 0.3) is 0 Å². The molecule has 1 unspecified atom stereocenters. The Kier molecular flexibility index (Phi) is 2.44. The summed E-state index contributed by atoms with van der Waals surface area (Å²) >= 11 is 1.71. The molecule has 0 bridgehead atoms. The molecule has 11 heavy (non-hydrogen) atoms. The molecule has 0 spiro atoms. The Labute approximate surface area is 71.0 Å². The molecule has 0 radical (unpaired) electrons. The third-order valence-corrected chi connectivity index (χ3v) is 2.82. The van der Waals surface area contributed by atoms with E-state index in [4.69, 9.17) is 0 Å². The van der Waals surface area contributed by atoms with Crippen LogP contribution in [0, 0.1) is 0 Å². The Morgan fingerprint density at radius 2 is 2.27 bits per heavy atom. The zero-order valence-corrected chi connectivity index (χ0v) is 7.76. The summed E-state index contributed by atoms with van der Waals surface area (Å²) in [5.74, 6) is 0. The number of likely N-dealkylation sites (N-methyl/N-ethyl adjacent to an activating group) is 1. The molecule has 1 aliphatic heterocycles. The van der Waals surface area contributed by atoms with Gasteiger partial charge >= 0.3 is 0 Å². The number of nitrogens with zero attached hydrogens (tertiary/aromatic N) is 2. The van der Waals surface area contributed by atoms with Gasteiger partial charge in [-0.2, -0.15) is 0 Å². The molecule has 0 N–H and O–H groups in total. The van der Waals surface area contributed by atoms with Crippen molar-refractivity contribution in [2.75, 3.05) is 20.4 Å². The van der Waals surface area contributed by atoms with Gasteiger partial charge in [0.1, 0.15) is 5.50 Å². The molecule has 62 valence electrons. The maximum absolute atomic E-state index is 10.5. The van der Waals surface area contributed by atoms with E-state index in [0.717, 1.165) is 12.0 Å². The summed E-state index contributed by atoms with van der Waals surface area (Å²) in [6.45, 7) is 0. The van der Waals surface area contributed by atoms with E-state index in [9.17, 15) is 4.79 Å². The second-order valence-corrected chi connectivity index (χ2v) is 3.40. The van der Waals surface area contributed by atoms with Crippen molar-refractivity contribution >= 4 is 18.0 Å². The van der Waals surface area contributed by atoms with Crippen LogP contribution < -0.4 is 0 Å². The summed E-state index contributed by atoms with van der Waals surface area (Å²) in [5.41, 5.74) is 1.02. The van der Waals surface area contributed by atoms with Gasteiger partial charge in [0.15, 0.2) is 6.29 Å². The summed E-state index contributed by atoms with van der Waals surface area (Å²) in [6.07, 6.45) is 4.76. The molecule has 0 saturated carbocycles. The third kappa shape index (κ3) is 1.35. The van der Waals surface area contributed by atoms with Gasteiger partial charge in [0.25, 0.3) is 0 Å². The van der Waals surface area contributed by atoms with Crippen molar-refractivity contribution in [3.05, 3.63) is 11.9 Å². The van der Waals surface area contributed by atoms with E-state index >= 15 is 0 Å². The topological polar surface area (TPSA) is 23.6 Å². The molecule has 0 aliphatic carbocycles. The van der Waals surface area contributed by atoms with Crippen LogP contribution in [-0.4, -0.2) is 41.9 Å². The number of hydrogen-bond donors (Lipinski definition) is 0. The Morgan fingerprint density at radius 1 is 1.64 bits per heavy atom. The number of allylic oxidation sites excluding steroid dienone is 1. The number of hydrogen-bond acceptors (Lipinski definition) is 4. The first kappa shape index (κ1) is 8.46. The minimum Gasteiger partial charge on any atom is -0.350 e. The highest BCUT2D eigenvalue weighted by atomic mass is 32.2. The monoisotopic (exact) mass is 172 g/mol. The van der Waals surface area contributed by atoms with E-state index in [1.807, 2.05) is 36.4 Å². The number of rotatable bonds is 2. The average molecular weight is 172 g/mol. The number of aldehydes is 1. The zero-order valence-electron chi connectivity index (χ0n) is 6.94. The Hall–Kier alpha value is -0.640. The van der Waals surface area contributed by atoms with Crippen molar-refractivity contribution in [1.82, 2.24) is 9.80 Å². The summed E-state index contributed by atoms with van der Waals surface area (Å²) in [7, 11) is 3.89. The SMILES string of the molecule is CSC1N(C)C=C(C=O)N1C. The van der Waals surface area contributed by atoms with Gasteiger partial charge in [-0.05, 0) is 6.26 Å². The van der Waals surface area contributed by atoms with Gasteiger partial charge in [0, 0.05) is 20.3 Å². The molecular formula is C7H12N2OS. The molecule has 0 saturated heterocycles. The Morgan fingerprint density at radius 3 is 2.55 bits per heavy atom. The maximum atomic E-state index is 10.5. The highest BCUT2D eigenvalue weighted by Gasteiger charge is 2.24. The molecule has 0 amide bonds. The normalized spacial score (nSPS) is 23.9. The molecule has 1 aliphatic rings. The molecule has 1 rings (SSSR count). The molecule has 0 aromatic heterocycles. The van der Waals surface area contributed by atoms with Gasteiger partial charge in [-0.25, -0.2) is 0 Å². The predicted molar refractivity (Wildman–Crippen MR) is 47.0 cm³/mol. The second kappa shape index (κ2) is 3.17. The minimum atomic E-state index is 0.273. The van der Waals surface area contributed by atoms with Crippen LogP contribution in [0.5, 0.6) is 0 Å². The first-order chi connectivity index (χ1) is 5.20. The fourth-order valence-electron chi connectivity index (χ4n) is 1.20. The highest BCUT2D eigenvalue weighted by Crippen LogP contribution is 2.24. The van der Waals surface area contributed by atoms with Gasteiger partial charge < -0.3 is 9.80 Å². The zero-order chi connectivity index (χ0) is 8.43. The first-order valence-corrected chi connectivity index (χ1v) is 4.64. The van der Waals surface area contributed by atoms with E-state index in [2.05, 4.69) is 0 Å². The van der Waals surface area contributed by atoms with Gasteiger partial charge in [-0.1, -0.05) is 0 Å². The molecule has 1 heterocycles. The lowest BCUT2D eigenvalue weighted by atomic mass is 10.5. The third-order valence-electron chi connectivity index (χ3n) is 1.75. The van der Waals surface area contributed by atoms with E-state index < -0.39 is 0 Å². The van der Waals surface area contributed by atoms with Crippen LogP contribution in [0.1, 0.15) is 0 Å². The predicted octanol–water partition coefficient (Wildman–Crippen LogP) is 0.550. The van der Waals surface area contributed by atoms with Crippen LogP contribution in [0.15, 0.2) is 11.9 Å².